The van der Waals surface area contributed by atoms with E-state index in [9.17, 15) is 26.7 Å². The van der Waals surface area contributed by atoms with Crippen LogP contribution in [0, 0.1) is 11.6 Å². The largest absolute Gasteiger partial charge is 0.493 e. The number of halogens is 5. The van der Waals surface area contributed by atoms with Crippen molar-refractivity contribution >= 4 is 29.6 Å². The fourth-order valence-corrected chi connectivity index (χ4v) is 6.05. The minimum Gasteiger partial charge on any atom is -0.493 e. The van der Waals surface area contributed by atoms with Crippen molar-refractivity contribution in [3.8, 4) is 11.5 Å². The van der Waals surface area contributed by atoms with E-state index < -0.39 is 29.8 Å². The van der Waals surface area contributed by atoms with Crippen molar-refractivity contribution in [3.05, 3.63) is 53.6 Å². The Labute approximate surface area is 232 Å². The number of carbonyl (C=O) groups excluding carboxylic acids is 1. The van der Waals surface area contributed by atoms with E-state index in [1.807, 2.05) is 6.07 Å². The van der Waals surface area contributed by atoms with E-state index in [-0.39, 0.29) is 16.4 Å². The maximum absolute atomic E-state index is 13.8. The molecule has 1 heterocycles. The third-order valence-corrected chi connectivity index (χ3v) is 8.24. The lowest BCUT2D eigenvalue weighted by atomic mass is 9.66. The third kappa shape index (κ3) is 7.27. The monoisotopic (exact) mass is 591 g/mol. The summed E-state index contributed by atoms with van der Waals surface area (Å²) in [6, 6.07) is 8.92. The van der Waals surface area contributed by atoms with Gasteiger partial charge in [0.05, 0.1) is 19.9 Å². The highest BCUT2D eigenvalue weighted by atomic mass is 32.2. The van der Waals surface area contributed by atoms with Crippen LogP contribution in [0.5, 0.6) is 11.5 Å². The lowest BCUT2D eigenvalue weighted by molar-refractivity contribution is -0.192. The number of nitrogens with zero attached hydrogens (tertiary/aromatic N) is 1. The zero-order valence-electron chi connectivity index (χ0n) is 22.0. The van der Waals surface area contributed by atoms with Crippen molar-refractivity contribution in [1.29, 1.82) is 0 Å². The van der Waals surface area contributed by atoms with E-state index in [0.717, 1.165) is 61.9 Å². The van der Waals surface area contributed by atoms with E-state index in [1.54, 1.807) is 14.2 Å². The number of rotatable bonds is 6. The molecule has 14 heteroatoms. The van der Waals surface area contributed by atoms with E-state index in [2.05, 4.69) is 34.1 Å². The number of amides is 2. The van der Waals surface area contributed by atoms with E-state index in [1.165, 1.54) is 17.5 Å². The van der Waals surface area contributed by atoms with Gasteiger partial charge in [0.2, 0.25) is 0 Å². The predicted molar refractivity (Wildman–Crippen MR) is 140 cm³/mol. The summed E-state index contributed by atoms with van der Waals surface area (Å²) in [5.74, 6) is -2.59. The molecule has 2 amide bonds. The summed E-state index contributed by atoms with van der Waals surface area (Å²) in [6.07, 6.45) is -1.20. The van der Waals surface area contributed by atoms with Crippen molar-refractivity contribution in [3.63, 3.8) is 0 Å². The van der Waals surface area contributed by atoms with Crippen LogP contribution >= 0.6 is 11.9 Å². The lowest BCUT2D eigenvalue weighted by Gasteiger charge is -2.44. The molecule has 8 nitrogen and oxygen atoms in total. The molecule has 0 bridgehead atoms. The molecule has 3 N–H and O–H groups in total. The molecule has 0 aromatic heterocycles. The Bertz CT molecular complexity index is 1220. The fraction of sp³-hybridized carbons (Fsp3) is 0.462. The van der Waals surface area contributed by atoms with Crippen LogP contribution in [0.3, 0.4) is 0 Å². The van der Waals surface area contributed by atoms with Gasteiger partial charge in [-0.2, -0.15) is 13.2 Å². The van der Waals surface area contributed by atoms with Crippen molar-refractivity contribution in [1.82, 2.24) is 9.62 Å². The van der Waals surface area contributed by atoms with Gasteiger partial charge in [0, 0.05) is 22.8 Å². The van der Waals surface area contributed by atoms with Crippen molar-refractivity contribution in [2.75, 3.05) is 33.1 Å². The molecule has 1 saturated carbocycles. The number of hydrogen-bond donors (Lipinski definition) is 3. The maximum Gasteiger partial charge on any atom is 0.490 e. The van der Waals surface area contributed by atoms with Crippen LogP contribution < -0.4 is 19.5 Å². The second-order valence-electron chi connectivity index (χ2n) is 9.47. The van der Waals surface area contributed by atoms with Gasteiger partial charge in [0.1, 0.15) is 11.6 Å². The van der Waals surface area contributed by atoms with Gasteiger partial charge in [-0.1, -0.05) is 6.07 Å². The Balaban J connectivity index is 0.000000559. The van der Waals surface area contributed by atoms with Crippen LogP contribution in [0.1, 0.15) is 31.2 Å². The summed E-state index contributed by atoms with van der Waals surface area (Å²) in [4.78, 5) is 23.5. The Morgan fingerprint density at radius 1 is 1.07 bits per heavy atom. The molecule has 3 unspecified atom stereocenters. The molecule has 2 aromatic carbocycles. The normalized spacial score (nSPS) is 22.4. The highest BCUT2D eigenvalue weighted by Crippen LogP contribution is 2.51. The number of likely N-dealkylation sites (N-methyl/N-ethyl adjacent to an activating group) is 1. The Morgan fingerprint density at radius 3 is 2.38 bits per heavy atom. The molecule has 40 heavy (non-hydrogen) atoms. The van der Waals surface area contributed by atoms with Crippen LogP contribution in [-0.2, 0) is 10.2 Å². The van der Waals surface area contributed by atoms with Gasteiger partial charge >= 0.3 is 18.2 Å². The first-order valence-electron chi connectivity index (χ1n) is 12.2. The summed E-state index contributed by atoms with van der Waals surface area (Å²) in [5, 5.41) is 9.72. The van der Waals surface area contributed by atoms with Gasteiger partial charge in [-0.05, 0) is 81.1 Å². The number of likely N-dealkylation sites (tertiary alicyclic amines) is 1. The number of methoxy groups -OCH3 is 2. The molecule has 1 aliphatic heterocycles. The number of anilines is 1. The topological polar surface area (TPSA) is 100 Å². The molecule has 2 aromatic rings. The highest BCUT2D eigenvalue weighted by Gasteiger charge is 2.50. The average molecular weight is 592 g/mol. The van der Waals surface area contributed by atoms with Gasteiger partial charge in [-0.3, -0.25) is 4.72 Å². The molecule has 0 spiro atoms. The molecular formula is C26H30F5N3O5S. The molecule has 3 atom stereocenters. The van der Waals surface area contributed by atoms with Crippen LogP contribution in [0.4, 0.5) is 32.4 Å². The van der Waals surface area contributed by atoms with Crippen LogP contribution in [0.25, 0.3) is 0 Å². The zero-order chi connectivity index (χ0) is 29.7. The molecular weight excluding hydrogens is 561 g/mol. The number of hydrogen-bond acceptors (Lipinski definition) is 6. The lowest BCUT2D eigenvalue weighted by Crippen LogP contribution is -2.47. The van der Waals surface area contributed by atoms with Crippen LogP contribution in [0.2, 0.25) is 0 Å². The number of aliphatic carboxylic acids is 1. The number of ether oxygens (including phenoxy) is 2. The molecule has 4 rings (SSSR count). The first-order valence-corrected chi connectivity index (χ1v) is 13.1. The van der Waals surface area contributed by atoms with Crippen molar-refractivity contribution in [2.24, 2.45) is 0 Å². The number of carboxylic acids is 1. The smallest absolute Gasteiger partial charge is 0.490 e. The predicted octanol–water partition coefficient (Wildman–Crippen LogP) is 5.58. The molecule has 1 aliphatic carbocycles. The summed E-state index contributed by atoms with van der Waals surface area (Å²) in [5.41, 5.74) is 1.10. The number of carboxylic acid groups (broad SMARTS) is 1. The summed E-state index contributed by atoms with van der Waals surface area (Å²) in [6.45, 7) is 1.00. The standard InChI is InChI=1S/C24H29F2N3O3S.C2HF3O2/c1-29-11-10-24(15-4-7-20(31-2)21(12-15)32-3)9-8-17(14-22(24)29)33-28-23(30)27-19-13-16(25)5-6-18(19)26;3-2(4,5)1(6)7/h4-7,12-13,17,22H,8-11,14H2,1-3H3,(H2,27,28,30);(H,6,7). The Hall–Kier alpha value is -3.26. The number of nitrogens with one attached hydrogen (secondary N) is 2. The van der Waals surface area contributed by atoms with Crippen LogP contribution in [-0.4, -0.2) is 67.3 Å². The number of carbonyl (C=O) groups is 2. The van der Waals surface area contributed by atoms with Gasteiger partial charge in [0.15, 0.2) is 11.5 Å². The summed E-state index contributed by atoms with van der Waals surface area (Å²) >= 11 is 1.34. The number of fused-ring (bicyclic) bond motifs is 1. The number of alkyl halides is 3. The SMILES string of the molecule is COc1ccc(C23CCC(SNC(=O)Nc4cc(F)ccc4F)CC2N(C)CC3)cc1OC.O=C(O)C(F)(F)F. The van der Waals surface area contributed by atoms with Crippen molar-refractivity contribution < 1.29 is 46.1 Å². The first-order chi connectivity index (χ1) is 18.8. The second-order valence-corrected chi connectivity index (χ2v) is 10.6. The van der Waals surface area contributed by atoms with E-state index in [4.69, 9.17) is 19.4 Å². The Kier molecular flexibility index (Phi) is 10.1. The third-order valence-electron chi connectivity index (χ3n) is 7.17. The van der Waals surface area contributed by atoms with E-state index >= 15 is 0 Å². The zero-order valence-corrected chi connectivity index (χ0v) is 22.8. The first kappa shape index (κ1) is 31.3. The minimum atomic E-state index is -5.08. The number of benzene rings is 2. The minimum absolute atomic E-state index is 0.0261. The average Bonchev–Trinajstić information content (AvgIpc) is 3.25. The van der Waals surface area contributed by atoms with Crippen LogP contribution in [0.15, 0.2) is 36.4 Å². The molecule has 2 fully saturated rings. The Morgan fingerprint density at radius 2 is 1.75 bits per heavy atom. The molecule has 220 valence electrons. The summed E-state index contributed by atoms with van der Waals surface area (Å²) < 4.78 is 72.6. The van der Waals surface area contributed by atoms with Crippen molar-refractivity contribution in [2.45, 2.75) is 48.6 Å². The summed E-state index contributed by atoms with van der Waals surface area (Å²) in [7, 11) is 5.43. The molecule has 0 radical (unpaired) electrons. The quantitative estimate of drug-likeness (QED) is 0.298. The second kappa shape index (κ2) is 12.9. The fourth-order valence-electron chi connectivity index (χ4n) is 5.21. The van der Waals surface area contributed by atoms with Gasteiger partial charge in [-0.15, -0.1) is 0 Å². The van der Waals surface area contributed by atoms with E-state index in [0.29, 0.717) is 6.04 Å². The molecule has 1 saturated heterocycles. The number of urea groups is 1. The van der Waals surface area contributed by atoms with Gasteiger partial charge in [-0.25, -0.2) is 18.4 Å². The van der Waals surface area contributed by atoms with Gasteiger partial charge < -0.3 is 24.8 Å². The van der Waals surface area contributed by atoms with Gasteiger partial charge in [0.25, 0.3) is 0 Å². The molecule has 2 aliphatic rings. The highest BCUT2D eigenvalue weighted by molar-refractivity contribution is 7.98. The maximum atomic E-state index is 13.8.